The van der Waals surface area contributed by atoms with Crippen molar-refractivity contribution >= 4 is 28.6 Å². The van der Waals surface area contributed by atoms with Gasteiger partial charge in [-0.1, -0.05) is 32.4 Å². The van der Waals surface area contributed by atoms with Crippen LogP contribution in [-0.2, 0) is 17.1 Å². The van der Waals surface area contributed by atoms with Gasteiger partial charge in [-0.25, -0.2) is 22.5 Å². The molecule has 7 nitrogen and oxygen atoms in total. The zero-order valence-corrected chi connectivity index (χ0v) is 16.8. The van der Waals surface area contributed by atoms with Crippen LogP contribution in [0.1, 0.15) is 56.7 Å². The Hall–Kier alpha value is -1.93. The number of sulfonamides is 1. The zero-order valence-electron chi connectivity index (χ0n) is 16.0. The molecule has 0 spiro atoms. The molecule has 0 bridgehead atoms. The van der Waals surface area contributed by atoms with E-state index in [2.05, 4.69) is 17.9 Å². The highest BCUT2D eigenvalue weighted by atomic mass is 32.2. The topological polar surface area (TPSA) is 90.2 Å². The summed E-state index contributed by atoms with van der Waals surface area (Å²) in [6.45, 7) is 9.34. The van der Waals surface area contributed by atoms with Gasteiger partial charge in [-0.2, -0.15) is 0 Å². The normalized spacial score (nSPS) is 20.6. The number of carbonyl (C=O) groups is 1. The molecule has 0 atom stereocenters. The van der Waals surface area contributed by atoms with Crippen molar-refractivity contribution in [1.82, 2.24) is 13.9 Å². The van der Waals surface area contributed by atoms with E-state index in [-0.39, 0.29) is 27.4 Å². The molecule has 1 aromatic heterocycles. The third kappa shape index (κ3) is 3.87. The molecule has 1 heterocycles. The van der Waals surface area contributed by atoms with Crippen LogP contribution in [0, 0.1) is 5.92 Å². The van der Waals surface area contributed by atoms with Crippen LogP contribution in [-0.4, -0.2) is 29.0 Å². The minimum absolute atomic E-state index is 0.184. The molecular weight excluding hydrogens is 366 g/mol. The van der Waals surface area contributed by atoms with Gasteiger partial charge >= 0.3 is 5.69 Å². The van der Waals surface area contributed by atoms with E-state index in [0.717, 1.165) is 49.5 Å². The van der Waals surface area contributed by atoms with E-state index in [0.29, 0.717) is 0 Å². The predicted octanol–water partition coefficient (Wildman–Crippen LogP) is 0.584. The molecular formula is C19H27N3O4S. The molecule has 0 aliphatic heterocycles. The fourth-order valence-electron chi connectivity index (χ4n) is 3.47. The molecule has 27 heavy (non-hydrogen) atoms. The first-order chi connectivity index (χ1) is 12.6. The fourth-order valence-corrected chi connectivity index (χ4v) is 4.72. The van der Waals surface area contributed by atoms with E-state index in [4.69, 9.17) is 0 Å². The molecule has 1 N–H and O–H groups in total. The summed E-state index contributed by atoms with van der Waals surface area (Å²) in [5.41, 5.74) is -0.939. The molecule has 0 radical (unpaired) electrons. The van der Waals surface area contributed by atoms with E-state index < -0.39 is 21.3 Å². The van der Waals surface area contributed by atoms with Crippen molar-refractivity contribution in [1.29, 1.82) is 0 Å². The molecule has 0 aromatic carbocycles. The van der Waals surface area contributed by atoms with Gasteiger partial charge in [0.2, 0.25) is 15.9 Å². The van der Waals surface area contributed by atoms with Gasteiger partial charge in [-0.15, -0.1) is 0 Å². The lowest BCUT2D eigenvalue weighted by atomic mass is 9.88. The lowest BCUT2D eigenvalue weighted by Gasteiger charge is -2.20. The number of aromatic nitrogens is 2. The van der Waals surface area contributed by atoms with Crippen LogP contribution in [0.25, 0.3) is 12.7 Å². The average molecular weight is 394 g/mol. The second kappa shape index (κ2) is 6.91. The predicted molar refractivity (Wildman–Crippen MR) is 105 cm³/mol. The molecule has 8 heteroatoms. The molecule has 1 aromatic rings. The summed E-state index contributed by atoms with van der Waals surface area (Å²) in [5.74, 6) is -0.512. The number of imidazole rings is 1. The minimum Gasteiger partial charge on any atom is -0.295 e. The van der Waals surface area contributed by atoms with Crippen LogP contribution in [0.2, 0.25) is 0 Å². The number of allylic oxidation sites excluding steroid dienone is 1. The number of hydrogen-bond acceptors (Lipinski definition) is 4. The lowest BCUT2D eigenvalue weighted by molar-refractivity contribution is 0.0793. The minimum atomic E-state index is -3.81. The Labute approximate surface area is 159 Å². The molecule has 2 aliphatic rings. The van der Waals surface area contributed by atoms with Crippen molar-refractivity contribution < 1.29 is 13.2 Å². The lowest BCUT2D eigenvalue weighted by Crippen LogP contribution is -2.41. The molecule has 2 fully saturated rings. The van der Waals surface area contributed by atoms with Gasteiger partial charge in [0.1, 0.15) is 0 Å². The maximum Gasteiger partial charge on any atom is 0.335 e. The van der Waals surface area contributed by atoms with Crippen LogP contribution in [0.3, 0.4) is 0 Å². The Kier molecular flexibility index (Phi) is 5.07. The quantitative estimate of drug-likeness (QED) is 0.793. The Bertz CT molecular complexity index is 1050. The summed E-state index contributed by atoms with van der Waals surface area (Å²) in [5, 5.41) is 0.479. The van der Waals surface area contributed by atoms with Crippen LogP contribution in [0.5, 0.6) is 0 Å². The monoisotopic (exact) mass is 393 g/mol. The Morgan fingerprint density at radius 1 is 1.26 bits per heavy atom. The Morgan fingerprint density at radius 2 is 1.85 bits per heavy atom. The van der Waals surface area contributed by atoms with Crippen molar-refractivity contribution in [3.05, 3.63) is 32.7 Å². The van der Waals surface area contributed by atoms with Crippen molar-refractivity contribution in [2.24, 2.45) is 13.0 Å². The average Bonchev–Trinajstić information content (AvgIpc) is 3.30. The SMILES string of the molecule is C=C(/C=c1\c(=C)n(C)c(=O)n1C(=O)C1CCCCC1)S(=O)(=O)NC1(C)CC1. The van der Waals surface area contributed by atoms with Crippen molar-refractivity contribution in [3.63, 3.8) is 0 Å². The van der Waals surface area contributed by atoms with Gasteiger partial charge < -0.3 is 0 Å². The molecule has 0 amide bonds. The highest BCUT2D eigenvalue weighted by Crippen LogP contribution is 2.35. The molecule has 0 unspecified atom stereocenters. The third-order valence-corrected chi connectivity index (χ3v) is 7.19. The number of rotatable bonds is 5. The van der Waals surface area contributed by atoms with Crippen molar-refractivity contribution in [2.75, 3.05) is 0 Å². The van der Waals surface area contributed by atoms with Crippen LogP contribution >= 0.6 is 0 Å². The van der Waals surface area contributed by atoms with Gasteiger partial charge in [-0.05, 0) is 38.7 Å². The van der Waals surface area contributed by atoms with Crippen LogP contribution < -0.4 is 21.1 Å². The zero-order chi connectivity index (χ0) is 20.0. The Morgan fingerprint density at radius 3 is 2.41 bits per heavy atom. The molecule has 2 aliphatic carbocycles. The van der Waals surface area contributed by atoms with Gasteiger partial charge in [0.15, 0.2) is 0 Å². The fraction of sp³-hybridized carbons (Fsp3) is 0.579. The molecule has 0 saturated heterocycles. The van der Waals surface area contributed by atoms with E-state index in [1.54, 1.807) is 0 Å². The summed E-state index contributed by atoms with van der Waals surface area (Å²) in [6.07, 6.45) is 7.31. The summed E-state index contributed by atoms with van der Waals surface area (Å²) >= 11 is 0. The van der Waals surface area contributed by atoms with E-state index in [1.807, 2.05) is 6.92 Å². The first kappa shape index (κ1) is 19.8. The molecule has 2 saturated carbocycles. The highest BCUT2D eigenvalue weighted by molar-refractivity contribution is 7.93. The molecule has 148 valence electrons. The first-order valence-electron chi connectivity index (χ1n) is 9.31. The largest absolute Gasteiger partial charge is 0.335 e. The van der Waals surface area contributed by atoms with Crippen LogP contribution in [0.4, 0.5) is 0 Å². The summed E-state index contributed by atoms with van der Waals surface area (Å²) in [7, 11) is -2.28. The maximum atomic E-state index is 13.0. The van der Waals surface area contributed by atoms with Crippen molar-refractivity contribution in [3.8, 4) is 0 Å². The summed E-state index contributed by atoms with van der Waals surface area (Å²) in [4.78, 5) is 25.4. The summed E-state index contributed by atoms with van der Waals surface area (Å²) < 4.78 is 30.0. The standard InChI is InChI=1S/C19H27N3O4S/c1-13(27(25,26)20-19(3)10-11-19)12-16-14(2)21(4)18(24)22(16)17(23)15-8-6-5-7-9-15/h12,15,20H,1-2,5-11H2,3-4H3/b16-12+. The number of nitrogens with one attached hydrogen (secondary N) is 1. The van der Waals surface area contributed by atoms with E-state index in [1.165, 1.54) is 17.7 Å². The van der Waals surface area contributed by atoms with Crippen molar-refractivity contribution in [2.45, 2.75) is 57.4 Å². The third-order valence-electron chi connectivity index (χ3n) is 5.62. The van der Waals surface area contributed by atoms with E-state index >= 15 is 0 Å². The van der Waals surface area contributed by atoms with Gasteiger partial charge in [0, 0.05) is 18.5 Å². The maximum absolute atomic E-state index is 13.0. The van der Waals surface area contributed by atoms with Gasteiger partial charge in [0.05, 0.1) is 15.6 Å². The number of hydrogen-bond donors (Lipinski definition) is 1. The number of carbonyl (C=O) groups excluding carboxylic acids is 1. The molecule has 3 rings (SSSR count). The second-order valence-corrected chi connectivity index (χ2v) is 9.69. The van der Waals surface area contributed by atoms with E-state index in [9.17, 15) is 18.0 Å². The first-order valence-corrected chi connectivity index (χ1v) is 10.8. The second-order valence-electron chi connectivity index (χ2n) is 7.96. The summed E-state index contributed by atoms with van der Waals surface area (Å²) in [6, 6.07) is 0. The smallest absolute Gasteiger partial charge is 0.295 e. The Balaban J connectivity index is 2.04. The van der Waals surface area contributed by atoms with Crippen LogP contribution in [0.15, 0.2) is 16.3 Å². The number of nitrogens with zero attached hydrogens (tertiary/aromatic N) is 2. The highest BCUT2D eigenvalue weighted by Gasteiger charge is 2.41. The van der Waals surface area contributed by atoms with Gasteiger partial charge in [-0.3, -0.25) is 9.36 Å². The van der Waals surface area contributed by atoms with Gasteiger partial charge in [0.25, 0.3) is 0 Å².